The second kappa shape index (κ2) is 6.49. The van der Waals surface area contributed by atoms with Gasteiger partial charge in [-0.3, -0.25) is 4.79 Å². The summed E-state index contributed by atoms with van der Waals surface area (Å²) in [6, 6.07) is 0.00555. The Kier molecular flexibility index (Phi) is 5.36. The number of hydrogen-bond donors (Lipinski definition) is 2. The molecule has 0 spiro atoms. The van der Waals surface area contributed by atoms with Crippen LogP contribution in [0.4, 0.5) is 0 Å². The third-order valence-electron chi connectivity index (χ3n) is 3.07. The average molecular weight is 332 g/mol. The number of furan rings is 1. The minimum absolute atomic E-state index is 0.0651. The molecule has 0 aliphatic carbocycles. The van der Waals surface area contributed by atoms with Gasteiger partial charge in [0.2, 0.25) is 10.0 Å². The number of aliphatic carboxylic acids is 1. The number of rotatable bonds is 6. The lowest BCUT2D eigenvalue weighted by Gasteiger charge is -2.16. The monoisotopic (exact) mass is 332 g/mol. The van der Waals surface area contributed by atoms with Gasteiger partial charge < -0.3 is 14.8 Å². The first-order valence-electron chi connectivity index (χ1n) is 6.55. The summed E-state index contributed by atoms with van der Waals surface area (Å²) in [4.78, 5) is 23.0. The molecule has 1 rings (SSSR count). The van der Waals surface area contributed by atoms with Gasteiger partial charge in [0.1, 0.15) is 16.7 Å². The lowest BCUT2D eigenvalue weighted by Crippen LogP contribution is -2.44. The van der Waals surface area contributed by atoms with Crippen molar-refractivity contribution in [2.75, 3.05) is 14.1 Å². The van der Waals surface area contributed by atoms with Gasteiger partial charge in [-0.15, -0.1) is 0 Å². The molecule has 1 atom stereocenters. The molecule has 0 saturated carbocycles. The highest BCUT2D eigenvalue weighted by molar-refractivity contribution is 7.89. The van der Waals surface area contributed by atoms with E-state index in [1.807, 2.05) is 0 Å². The maximum absolute atomic E-state index is 12.1. The van der Waals surface area contributed by atoms with E-state index >= 15 is 0 Å². The van der Waals surface area contributed by atoms with Gasteiger partial charge in [0.25, 0.3) is 5.91 Å². The summed E-state index contributed by atoms with van der Waals surface area (Å²) < 4.78 is 30.3. The Morgan fingerprint density at radius 2 is 1.86 bits per heavy atom. The van der Waals surface area contributed by atoms with Crippen molar-refractivity contribution in [1.29, 1.82) is 0 Å². The Balaban J connectivity index is 3.10. The van der Waals surface area contributed by atoms with Crippen LogP contribution < -0.4 is 5.32 Å². The van der Waals surface area contributed by atoms with Crippen LogP contribution in [0.3, 0.4) is 0 Å². The van der Waals surface area contributed by atoms with Crippen molar-refractivity contribution >= 4 is 21.9 Å². The van der Waals surface area contributed by atoms with E-state index in [4.69, 9.17) is 9.52 Å². The molecule has 1 aromatic rings. The lowest BCUT2D eigenvalue weighted by atomic mass is 10.0. The van der Waals surface area contributed by atoms with E-state index in [0.29, 0.717) is 0 Å². The van der Waals surface area contributed by atoms with Crippen molar-refractivity contribution in [3.8, 4) is 0 Å². The number of carboxylic acid groups (broad SMARTS) is 1. The maximum atomic E-state index is 12.1. The normalized spacial score (nSPS) is 13.4. The van der Waals surface area contributed by atoms with Gasteiger partial charge in [-0.2, -0.15) is 0 Å². The average Bonchev–Trinajstić information content (AvgIpc) is 2.77. The van der Waals surface area contributed by atoms with Crippen molar-refractivity contribution in [2.45, 2.75) is 31.7 Å². The standard InChI is InChI=1S/C13H20N2O6S/c1-7(2)11(13(17)18)14-12(16)9-6-10(8(3)21-9)22(19,20)15(4)5/h6-7,11H,1-5H3,(H,14,16)(H,17,18)/t11-/m0/s1. The van der Waals surface area contributed by atoms with Crippen LogP contribution in [0.25, 0.3) is 0 Å². The SMILES string of the molecule is Cc1oc(C(=O)N[C@H](C(=O)O)C(C)C)cc1S(=O)(=O)N(C)C. The van der Waals surface area contributed by atoms with Crippen LogP contribution in [-0.2, 0) is 14.8 Å². The number of nitrogens with zero attached hydrogens (tertiary/aromatic N) is 1. The van der Waals surface area contributed by atoms with Crippen LogP contribution in [-0.4, -0.2) is 49.8 Å². The predicted octanol–water partition coefficient (Wildman–Crippen LogP) is 0.677. The maximum Gasteiger partial charge on any atom is 0.326 e. The highest BCUT2D eigenvalue weighted by atomic mass is 32.2. The molecule has 0 bridgehead atoms. The number of carbonyl (C=O) groups excluding carboxylic acids is 1. The summed E-state index contributed by atoms with van der Waals surface area (Å²) in [6.45, 7) is 4.72. The van der Waals surface area contributed by atoms with Crippen molar-refractivity contribution in [3.05, 3.63) is 17.6 Å². The molecule has 1 heterocycles. The number of carboxylic acids is 1. The minimum atomic E-state index is -3.74. The number of hydrogen-bond acceptors (Lipinski definition) is 5. The number of sulfonamides is 1. The summed E-state index contributed by atoms with van der Waals surface area (Å²) >= 11 is 0. The topological polar surface area (TPSA) is 117 Å². The van der Waals surface area contributed by atoms with Gasteiger partial charge in [0, 0.05) is 20.2 Å². The van der Waals surface area contributed by atoms with Crippen LogP contribution in [0.5, 0.6) is 0 Å². The summed E-state index contributed by atoms with van der Waals surface area (Å²) in [5.41, 5.74) is 0. The molecular formula is C13H20N2O6S. The molecule has 8 nitrogen and oxygen atoms in total. The van der Waals surface area contributed by atoms with Crippen molar-refractivity contribution in [2.24, 2.45) is 5.92 Å². The highest BCUT2D eigenvalue weighted by Gasteiger charge is 2.29. The van der Waals surface area contributed by atoms with Crippen LogP contribution in [0, 0.1) is 12.8 Å². The fourth-order valence-corrected chi connectivity index (χ4v) is 2.81. The molecule has 0 aliphatic rings. The number of carbonyl (C=O) groups is 2. The zero-order chi connectivity index (χ0) is 17.2. The zero-order valence-electron chi connectivity index (χ0n) is 13.1. The smallest absolute Gasteiger partial charge is 0.326 e. The molecule has 0 aliphatic heterocycles. The van der Waals surface area contributed by atoms with Gasteiger partial charge in [-0.05, 0) is 12.8 Å². The van der Waals surface area contributed by atoms with Gasteiger partial charge >= 0.3 is 5.97 Å². The quantitative estimate of drug-likeness (QED) is 0.791. The Bertz CT molecular complexity index is 675. The minimum Gasteiger partial charge on any atom is -0.480 e. The van der Waals surface area contributed by atoms with E-state index in [0.717, 1.165) is 10.4 Å². The van der Waals surface area contributed by atoms with E-state index in [1.165, 1.54) is 21.0 Å². The Hall–Kier alpha value is -1.87. The first kappa shape index (κ1) is 18.2. The van der Waals surface area contributed by atoms with Crippen molar-refractivity contribution < 1.29 is 27.5 Å². The molecule has 0 radical (unpaired) electrons. The second-order valence-corrected chi connectivity index (χ2v) is 7.47. The summed E-state index contributed by atoms with van der Waals surface area (Å²) in [7, 11) is -1.01. The third-order valence-corrected chi connectivity index (χ3v) is 5.00. The molecule has 0 aromatic carbocycles. The van der Waals surface area contributed by atoms with Gasteiger partial charge in [0.05, 0.1) is 0 Å². The fourth-order valence-electron chi connectivity index (χ4n) is 1.76. The summed E-state index contributed by atoms with van der Waals surface area (Å²) in [5.74, 6) is -2.46. The van der Waals surface area contributed by atoms with Crippen LogP contribution >= 0.6 is 0 Å². The first-order valence-corrected chi connectivity index (χ1v) is 7.99. The highest BCUT2D eigenvalue weighted by Crippen LogP contribution is 2.22. The second-order valence-electron chi connectivity index (χ2n) is 5.35. The molecule has 0 unspecified atom stereocenters. The van der Waals surface area contributed by atoms with Gasteiger partial charge in [0.15, 0.2) is 5.76 Å². The molecule has 0 fully saturated rings. The van der Waals surface area contributed by atoms with E-state index in [2.05, 4.69) is 5.32 Å². The predicted molar refractivity (Wildman–Crippen MR) is 78.0 cm³/mol. The van der Waals surface area contributed by atoms with Crippen LogP contribution in [0.2, 0.25) is 0 Å². The number of amides is 1. The Morgan fingerprint density at radius 3 is 2.27 bits per heavy atom. The molecule has 2 N–H and O–H groups in total. The molecule has 1 amide bonds. The van der Waals surface area contributed by atoms with E-state index in [9.17, 15) is 18.0 Å². The van der Waals surface area contributed by atoms with E-state index in [1.54, 1.807) is 13.8 Å². The fraction of sp³-hybridized carbons (Fsp3) is 0.538. The van der Waals surface area contributed by atoms with Crippen molar-refractivity contribution in [3.63, 3.8) is 0 Å². The molecule has 124 valence electrons. The number of nitrogens with one attached hydrogen (secondary N) is 1. The lowest BCUT2D eigenvalue weighted by molar-refractivity contribution is -0.140. The van der Waals surface area contributed by atoms with Gasteiger partial charge in [-0.1, -0.05) is 13.8 Å². The largest absolute Gasteiger partial charge is 0.480 e. The molecule has 22 heavy (non-hydrogen) atoms. The molecular weight excluding hydrogens is 312 g/mol. The van der Waals surface area contributed by atoms with E-state index < -0.39 is 27.9 Å². The summed E-state index contributed by atoms with van der Waals surface area (Å²) in [6.07, 6.45) is 0. The molecule has 0 saturated heterocycles. The van der Waals surface area contributed by atoms with Crippen molar-refractivity contribution in [1.82, 2.24) is 9.62 Å². The third kappa shape index (κ3) is 3.66. The van der Waals surface area contributed by atoms with Gasteiger partial charge in [-0.25, -0.2) is 17.5 Å². The molecule has 9 heteroatoms. The summed E-state index contributed by atoms with van der Waals surface area (Å²) in [5, 5.41) is 11.4. The molecule has 1 aromatic heterocycles. The zero-order valence-corrected chi connectivity index (χ0v) is 13.9. The first-order chi connectivity index (χ1) is 9.98. The van der Waals surface area contributed by atoms with Crippen LogP contribution in [0.1, 0.15) is 30.2 Å². The number of aryl methyl sites for hydroxylation is 1. The Morgan fingerprint density at radius 1 is 1.32 bits per heavy atom. The van der Waals surface area contributed by atoms with Crippen LogP contribution in [0.15, 0.2) is 15.4 Å². The van der Waals surface area contributed by atoms with E-state index in [-0.39, 0.29) is 22.3 Å². The Labute approximate surface area is 129 Å².